The molecular formula is C17H17N3O4. The Labute approximate surface area is 136 Å². The number of benzene rings is 1. The van der Waals surface area contributed by atoms with Crippen molar-refractivity contribution in [1.29, 1.82) is 0 Å². The monoisotopic (exact) mass is 327 g/mol. The van der Waals surface area contributed by atoms with Crippen molar-refractivity contribution in [2.45, 2.75) is 19.8 Å². The highest BCUT2D eigenvalue weighted by Gasteiger charge is 2.16. The molecule has 0 radical (unpaired) electrons. The minimum Gasteiger partial charge on any atom is -0.505 e. The van der Waals surface area contributed by atoms with Gasteiger partial charge in [-0.05, 0) is 37.5 Å². The molecule has 0 aliphatic heterocycles. The second kappa shape index (κ2) is 6.19. The lowest BCUT2D eigenvalue weighted by Gasteiger charge is -2.09. The average molecular weight is 327 g/mol. The number of aryl methyl sites for hydroxylation is 3. The van der Waals surface area contributed by atoms with Crippen LogP contribution in [0, 0.1) is 6.92 Å². The summed E-state index contributed by atoms with van der Waals surface area (Å²) in [5.41, 5.74) is 0.847. The Bertz CT molecular complexity index is 1000. The smallest absolute Gasteiger partial charge is 0.274 e. The summed E-state index contributed by atoms with van der Waals surface area (Å²) in [6.45, 7) is 1.60. The summed E-state index contributed by atoms with van der Waals surface area (Å²) in [6.07, 6.45) is 1.11. The van der Waals surface area contributed by atoms with E-state index in [1.165, 1.54) is 0 Å². The molecule has 3 rings (SSSR count). The van der Waals surface area contributed by atoms with Crippen LogP contribution >= 0.6 is 0 Å². The first-order valence-electron chi connectivity index (χ1n) is 7.47. The highest BCUT2D eigenvalue weighted by Crippen LogP contribution is 2.24. The average Bonchev–Trinajstić information content (AvgIpc) is 2.59. The van der Waals surface area contributed by atoms with Gasteiger partial charge in [0.15, 0.2) is 0 Å². The molecule has 0 unspecified atom stereocenters. The van der Waals surface area contributed by atoms with Gasteiger partial charge in [0.2, 0.25) is 0 Å². The van der Waals surface area contributed by atoms with E-state index in [9.17, 15) is 14.7 Å². The molecule has 7 heteroatoms. The predicted molar refractivity (Wildman–Crippen MR) is 89.8 cm³/mol. The molecule has 0 spiro atoms. The summed E-state index contributed by atoms with van der Waals surface area (Å²) in [4.78, 5) is 28.4. The number of nitrogens with zero attached hydrogens (tertiary/aromatic N) is 1. The standard InChI is InChI=1S/C17H17N3O4/c1-9-15(21)14-13(16(22)19-20-17(14)23)12(18-9)8-5-10-3-6-11(24-2)7-4-10/h3-4,6-7,21H,5,8H2,1-2H3,(H,19,22)(H,20,23). The van der Waals surface area contributed by atoms with Crippen LogP contribution in [0.3, 0.4) is 0 Å². The van der Waals surface area contributed by atoms with Crippen molar-refractivity contribution in [2.75, 3.05) is 7.11 Å². The number of hydrogen-bond donors (Lipinski definition) is 3. The molecule has 0 aliphatic carbocycles. The Morgan fingerprint density at radius 1 is 1.04 bits per heavy atom. The molecule has 0 saturated carbocycles. The van der Waals surface area contributed by atoms with E-state index in [0.717, 1.165) is 11.3 Å². The highest BCUT2D eigenvalue weighted by atomic mass is 16.5. The third kappa shape index (κ3) is 2.76. The number of aromatic hydroxyl groups is 1. The Kier molecular flexibility index (Phi) is 4.07. The van der Waals surface area contributed by atoms with Crippen LogP contribution in [0.15, 0.2) is 33.9 Å². The van der Waals surface area contributed by atoms with Crippen LogP contribution in [0.5, 0.6) is 11.5 Å². The molecular weight excluding hydrogens is 310 g/mol. The summed E-state index contributed by atoms with van der Waals surface area (Å²) in [5, 5.41) is 14.7. The molecule has 3 aromatic rings. The van der Waals surface area contributed by atoms with Crippen LogP contribution in [0.25, 0.3) is 10.8 Å². The van der Waals surface area contributed by atoms with Gasteiger partial charge in [-0.15, -0.1) is 0 Å². The lowest BCUT2D eigenvalue weighted by molar-refractivity contribution is 0.414. The van der Waals surface area contributed by atoms with Gasteiger partial charge in [0.1, 0.15) is 11.5 Å². The highest BCUT2D eigenvalue weighted by molar-refractivity contribution is 5.88. The van der Waals surface area contributed by atoms with Crippen molar-refractivity contribution in [1.82, 2.24) is 15.2 Å². The molecule has 0 atom stereocenters. The quantitative estimate of drug-likeness (QED) is 0.671. The van der Waals surface area contributed by atoms with Crippen molar-refractivity contribution >= 4 is 10.8 Å². The first kappa shape index (κ1) is 15.8. The molecule has 1 aromatic carbocycles. The first-order chi connectivity index (χ1) is 11.5. The normalized spacial score (nSPS) is 10.9. The van der Waals surface area contributed by atoms with Gasteiger partial charge in [-0.2, -0.15) is 0 Å². The summed E-state index contributed by atoms with van der Waals surface area (Å²) >= 11 is 0. The zero-order chi connectivity index (χ0) is 17.3. The number of aromatic amines is 2. The Morgan fingerprint density at radius 3 is 2.29 bits per heavy atom. The number of H-pyrrole nitrogens is 2. The van der Waals surface area contributed by atoms with Crippen molar-refractivity contribution in [3.8, 4) is 11.5 Å². The summed E-state index contributed by atoms with van der Waals surface area (Å²) in [5.74, 6) is 0.510. The number of pyridine rings is 1. The van der Waals surface area contributed by atoms with E-state index >= 15 is 0 Å². The number of nitrogens with one attached hydrogen (secondary N) is 2. The zero-order valence-electron chi connectivity index (χ0n) is 13.3. The van der Waals surface area contributed by atoms with Crippen molar-refractivity contribution < 1.29 is 9.84 Å². The molecule has 124 valence electrons. The number of aromatic nitrogens is 3. The minimum absolute atomic E-state index is 0.0176. The largest absolute Gasteiger partial charge is 0.505 e. The summed E-state index contributed by atoms with van der Waals surface area (Å²) in [6, 6.07) is 7.59. The van der Waals surface area contributed by atoms with Crippen LogP contribution in [0.1, 0.15) is 17.0 Å². The van der Waals surface area contributed by atoms with Crippen LogP contribution in [0.2, 0.25) is 0 Å². The Morgan fingerprint density at radius 2 is 1.67 bits per heavy atom. The maximum atomic E-state index is 12.1. The molecule has 0 amide bonds. The van der Waals surface area contributed by atoms with Crippen molar-refractivity contribution in [3.05, 3.63) is 61.9 Å². The van der Waals surface area contributed by atoms with Gasteiger partial charge in [-0.3, -0.25) is 24.8 Å². The van der Waals surface area contributed by atoms with Gasteiger partial charge >= 0.3 is 0 Å². The van der Waals surface area contributed by atoms with Gasteiger partial charge in [0, 0.05) is 0 Å². The maximum absolute atomic E-state index is 12.1. The van der Waals surface area contributed by atoms with E-state index in [1.807, 2.05) is 24.3 Å². The molecule has 0 bridgehead atoms. The van der Waals surface area contributed by atoms with Crippen LogP contribution in [-0.2, 0) is 12.8 Å². The van der Waals surface area contributed by atoms with E-state index < -0.39 is 11.1 Å². The predicted octanol–water partition coefficient (Wildman–Crippen LogP) is 1.42. The van der Waals surface area contributed by atoms with Crippen molar-refractivity contribution in [3.63, 3.8) is 0 Å². The molecule has 2 heterocycles. The van der Waals surface area contributed by atoms with Gasteiger partial charge in [-0.1, -0.05) is 12.1 Å². The first-order valence-corrected chi connectivity index (χ1v) is 7.47. The van der Waals surface area contributed by atoms with E-state index in [2.05, 4.69) is 15.2 Å². The molecule has 24 heavy (non-hydrogen) atoms. The number of fused-ring (bicyclic) bond motifs is 1. The summed E-state index contributed by atoms with van der Waals surface area (Å²) < 4.78 is 5.12. The third-order valence-corrected chi connectivity index (χ3v) is 3.97. The molecule has 2 aromatic heterocycles. The second-order valence-corrected chi connectivity index (χ2v) is 5.50. The van der Waals surface area contributed by atoms with Crippen LogP contribution in [-0.4, -0.2) is 27.4 Å². The number of hydrogen-bond acceptors (Lipinski definition) is 5. The molecule has 0 aliphatic rings. The van der Waals surface area contributed by atoms with E-state index in [-0.39, 0.29) is 16.5 Å². The minimum atomic E-state index is -0.543. The van der Waals surface area contributed by atoms with E-state index in [1.54, 1.807) is 14.0 Å². The van der Waals surface area contributed by atoms with E-state index in [4.69, 9.17) is 4.74 Å². The number of methoxy groups -OCH3 is 1. The lowest BCUT2D eigenvalue weighted by Crippen LogP contribution is -2.21. The third-order valence-electron chi connectivity index (χ3n) is 3.97. The zero-order valence-corrected chi connectivity index (χ0v) is 13.3. The topological polar surface area (TPSA) is 108 Å². The molecule has 7 nitrogen and oxygen atoms in total. The van der Waals surface area contributed by atoms with Gasteiger partial charge < -0.3 is 9.84 Å². The van der Waals surface area contributed by atoms with Gasteiger partial charge in [0.25, 0.3) is 11.1 Å². The van der Waals surface area contributed by atoms with E-state index in [0.29, 0.717) is 24.2 Å². The summed E-state index contributed by atoms with van der Waals surface area (Å²) in [7, 11) is 1.61. The van der Waals surface area contributed by atoms with Gasteiger partial charge in [-0.25, -0.2) is 0 Å². The maximum Gasteiger partial charge on any atom is 0.274 e. The van der Waals surface area contributed by atoms with Gasteiger partial charge in [0.05, 0.1) is 29.3 Å². The van der Waals surface area contributed by atoms with Crippen molar-refractivity contribution in [2.24, 2.45) is 0 Å². The SMILES string of the molecule is COc1ccc(CCc2nc(C)c(O)c3c(=O)[nH][nH]c(=O)c23)cc1. The lowest BCUT2D eigenvalue weighted by atomic mass is 10.0. The Balaban J connectivity index is 2.03. The second-order valence-electron chi connectivity index (χ2n) is 5.50. The molecule has 0 fully saturated rings. The fraction of sp³-hybridized carbons (Fsp3) is 0.235. The molecule has 0 saturated heterocycles. The fourth-order valence-electron chi connectivity index (χ4n) is 2.69. The van der Waals surface area contributed by atoms with Crippen LogP contribution < -0.4 is 15.9 Å². The molecule has 3 N–H and O–H groups in total. The number of rotatable bonds is 4. The number of ether oxygens (including phenoxy) is 1. The fourth-order valence-corrected chi connectivity index (χ4v) is 2.69. The van der Waals surface area contributed by atoms with Crippen LogP contribution in [0.4, 0.5) is 0 Å². The Hall–Kier alpha value is -3.09.